The Balaban J connectivity index is 2.17. The first-order valence-corrected chi connectivity index (χ1v) is 6.61. The summed E-state index contributed by atoms with van der Waals surface area (Å²) in [7, 11) is 5.97. The summed E-state index contributed by atoms with van der Waals surface area (Å²) in [6, 6.07) is 0. The van der Waals surface area contributed by atoms with Gasteiger partial charge >= 0.3 is 0 Å². The van der Waals surface area contributed by atoms with E-state index in [9.17, 15) is 0 Å². The zero-order valence-corrected chi connectivity index (χ0v) is 11.2. The number of nitrogens with one attached hydrogen (secondary N) is 1. The molecule has 1 N–H and O–H groups in total. The summed E-state index contributed by atoms with van der Waals surface area (Å²) in [5, 5.41) is 7.16. The van der Waals surface area contributed by atoms with Gasteiger partial charge < -0.3 is 10.2 Å². The lowest BCUT2D eigenvalue weighted by atomic mass is 10.4. The molecule has 0 saturated carbocycles. The Hall–Kier alpha value is -0.980. The fourth-order valence-corrected chi connectivity index (χ4v) is 3.02. The molecule has 2 aromatic rings. The summed E-state index contributed by atoms with van der Waals surface area (Å²) >= 11 is 3.32. The SMILES string of the molecule is CNc1nc(-c2cnc(CN(C)C)s2)cs1. The first-order chi connectivity index (χ1) is 7.69. The van der Waals surface area contributed by atoms with Gasteiger partial charge in [-0.2, -0.15) is 0 Å². The van der Waals surface area contributed by atoms with Crippen LogP contribution in [0.1, 0.15) is 5.01 Å². The molecule has 0 aliphatic heterocycles. The molecule has 0 saturated heterocycles. The highest BCUT2D eigenvalue weighted by Crippen LogP contribution is 2.29. The van der Waals surface area contributed by atoms with Crippen molar-refractivity contribution in [2.75, 3.05) is 26.5 Å². The number of thiazole rings is 2. The summed E-state index contributed by atoms with van der Waals surface area (Å²) in [6.45, 7) is 0.883. The van der Waals surface area contributed by atoms with E-state index in [4.69, 9.17) is 0 Å². The average molecular weight is 254 g/mol. The van der Waals surface area contributed by atoms with E-state index in [-0.39, 0.29) is 0 Å². The van der Waals surface area contributed by atoms with Gasteiger partial charge in [-0.15, -0.1) is 22.7 Å². The van der Waals surface area contributed by atoms with Crippen molar-refractivity contribution < 1.29 is 0 Å². The molecule has 0 unspecified atom stereocenters. The van der Waals surface area contributed by atoms with Crippen LogP contribution in [0, 0.1) is 0 Å². The standard InChI is InChI=1S/C10H14N4S2/c1-11-10-13-7(6-15-10)8-4-12-9(16-8)5-14(2)3/h4,6H,5H2,1-3H3,(H,11,13). The molecule has 0 aliphatic carbocycles. The molecule has 0 fully saturated rings. The predicted molar refractivity (Wildman–Crippen MR) is 70.2 cm³/mol. The van der Waals surface area contributed by atoms with Gasteiger partial charge in [-0.1, -0.05) is 0 Å². The van der Waals surface area contributed by atoms with Crippen LogP contribution in [0.4, 0.5) is 5.13 Å². The number of anilines is 1. The highest BCUT2D eigenvalue weighted by Gasteiger charge is 2.08. The van der Waals surface area contributed by atoms with Gasteiger partial charge in [0.25, 0.3) is 0 Å². The minimum absolute atomic E-state index is 0.883. The van der Waals surface area contributed by atoms with Crippen LogP contribution in [0.2, 0.25) is 0 Å². The Labute approximate surface area is 103 Å². The zero-order valence-electron chi connectivity index (χ0n) is 9.52. The predicted octanol–water partition coefficient (Wildman–Crippen LogP) is 2.37. The number of rotatable bonds is 4. The Bertz CT molecular complexity index is 461. The highest BCUT2D eigenvalue weighted by molar-refractivity contribution is 7.16. The largest absolute Gasteiger partial charge is 0.365 e. The van der Waals surface area contributed by atoms with Gasteiger partial charge in [0.15, 0.2) is 5.13 Å². The molecule has 0 radical (unpaired) electrons. The maximum absolute atomic E-state index is 4.46. The Morgan fingerprint density at radius 1 is 1.44 bits per heavy atom. The molecule has 16 heavy (non-hydrogen) atoms. The maximum atomic E-state index is 4.46. The fourth-order valence-electron chi connectivity index (χ4n) is 1.27. The molecule has 6 heteroatoms. The Morgan fingerprint density at radius 3 is 2.88 bits per heavy atom. The van der Waals surface area contributed by atoms with Crippen molar-refractivity contribution in [2.24, 2.45) is 0 Å². The lowest BCUT2D eigenvalue weighted by molar-refractivity contribution is 0.401. The molecule has 0 amide bonds. The van der Waals surface area contributed by atoms with Crippen LogP contribution in [0.25, 0.3) is 10.6 Å². The Kier molecular flexibility index (Phi) is 3.52. The molecule has 2 aromatic heterocycles. The molecule has 86 valence electrons. The van der Waals surface area contributed by atoms with Crippen molar-refractivity contribution in [3.05, 3.63) is 16.6 Å². The van der Waals surface area contributed by atoms with Gasteiger partial charge in [-0.05, 0) is 14.1 Å². The van der Waals surface area contributed by atoms with Gasteiger partial charge in [0.2, 0.25) is 0 Å². The van der Waals surface area contributed by atoms with Crippen molar-refractivity contribution in [1.29, 1.82) is 0 Å². The molecule has 0 aromatic carbocycles. The second-order valence-electron chi connectivity index (χ2n) is 3.64. The molecule has 0 aliphatic rings. The molecular formula is C10H14N4S2. The van der Waals surface area contributed by atoms with Crippen LogP contribution >= 0.6 is 22.7 Å². The summed E-state index contributed by atoms with van der Waals surface area (Å²) in [5.41, 5.74) is 1.01. The summed E-state index contributed by atoms with van der Waals surface area (Å²) in [5.74, 6) is 0. The lowest BCUT2D eigenvalue weighted by Crippen LogP contribution is -2.09. The topological polar surface area (TPSA) is 41.1 Å². The molecule has 0 atom stereocenters. The third-order valence-electron chi connectivity index (χ3n) is 1.98. The maximum Gasteiger partial charge on any atom is 0.182 e. The molecule has 4 nitrogen and oxygen atoms in total. The molecule has 0 spiro atoms. The first kappa shape index (κ1) is 11.5. The van der Waals surface area contributed by atoms with Crippen LogP contribution < -0.4 is 5.32 Å². The van der Waals surface area contributed by atoms with Crippen molar-refractivity contribution in [3.63, 3.8) is 0 Å². The monoisotopic (exact) mass is 254 g/mol. The lowest BCUT2D eigenvalue weighted by Gasteiger charge is -2.04. The fraction of sp³-hybridized carbons (Fsp3) is 0.400. The van der Waals surface area contributed by atoms with Crippen LogP contribution in [-0.4, -0.2) is 36.0 Å². The minimum Gasteiger partial charge on any atom is -0.365 e. The minimum atomic E-state index is 0.883. The third-order valence-corrected chi connectivity index (χ3v) is 3.84. The Morgan fingerprint density at radius 2 is 2.25 bits per heavy atom. The van der Waals surface area contributed by atoms with Gasteiger partial charge in [-0.25, -0.2) is 9.97 Å². The van der Waals surface area contributed by atoms with Crippen LogP contribution in [0.15, 0.2) is 11.6 Å². The van der Waals surface area contributed by atoms with Crippen molar-refractivity contribution in [2.45, 2.75) is 6.54 Å². The van der Waals surface area contributed by atoms with Crippen molar-refractivity contribution >= 4 is 27.8 Å². The number of hydrogen-bond acceptors (Lipinski definition) is 6. The quantitative estimate of drug-likeness (QED) is 0.909. The van der Waals surface area contributed by atoms with E-state index < -0.39 is 0 Å². The smallest absolute Gasteiger partial charge is 0.182 e. The summed E-state index contributed by atoms with van der Waals surface area (Å²) < 4.78 is 0. The second-order valence-corrected chi connectivity index (χ2v) is 5.62. The van der Waals surface area contributed by atoms with Crippen LogP contribution in [0.3, 0.4) is 0 Å². The van der Waals surface area contributed by atoms with Gasteiger partial charge in [0, 0.05) is 25.2 Å². The molecule has 0 bridgehead atoms. The second kappa shape index (κ2) is 4.90. The number of aromatic nitrogens is 2. The zero-order chi connectivity index (χ0) is 11.5. The molecule has 2 rings (SSSR count). The number of nitrogens with zero attached hydrogens (tertiary/aromatic N) is 3. The normalized spacial score (nSPS) is 11.0. The van der Waals surface area contributed by atoms with Crippen molar-refractivity contribution in [3.8, 4) is 10.6 Å². The van der Waals surface area contributed by atoms with E-state index in [0.717, 1.165) is 27.3 Å². The summed E-state index contributed by atoms with van der Waals surface area (Å²) in [4.78, 5) is 12.1. The molecule has 2 heterocycles. The van der Waals surface area contributed by atoms with E-state index >= 15 is 0 Å². The van der Waals surface area contributed by atoms with E-state index in [1.807, 2.05) is 27.3 Å². The van der Waals surface area contributed by atoms with Gasteiger partial charge in [0.05, 0.1) is 10.6 Å². The number of hydrogen-bond donors (Lipinski definition) is 1. The highest BCUT2D eigenvalue weighted by atomic mass is 32.1. The van der Waals surface area contributed by atoms with Gasteiger partial charge in [-0.3, -0.25) is 0 Å². The van der Waals surface area contributed by atoms with E-state index in [2.05, 4.69) is 25.6 Å². The van der Waals surface area contributed by atoms with E-state index in [1.54, 1.807) is 22.7 Å². The van der Waals surface area contributed by atoms with Crippen molar-refractivity contribution in [1.82, 2.24) is 14.9 Å². The van der Waals surface area contributed by atoms with Crippen LogP contribution in [-0.2, 0) is 6.54 Å². The first-order valence-electron chi connectivity index (χ1n) is 4.92. The van der Waals surface area contributed by atoms with Gasteiger partial charge in [0.1, 0.15) is 5.01 Å². The average Bonchev–Trinajstić information content (AvgIpc) is 2.83. The third kappa shape index (κ3) is 2.58. The van der Waals surface area contributed by atoms with Crippen LogP contribution in [0.5, 0.6) is 0 Å². The molecular weight excluding hydrogens is 240 g/mol. The van der Waals surface area contributed by atoms with E-state index in [0.29, 0.717) is 0 Å². The summed E-state index contributed by atoms with van der Waals surface area (Å²) in [6.07, 6.45) is 1.90. The van der Waals surface area contributed by atoms with E-state index in [1.165, 1.54) is 0 Å².